The van der Waals surface area contributed by atoms with E-state index in [0.717, 1.165) is 0 Å². The highest BCUT2D eigenvalue weighted by molar-refractivity contribution is 7.80. The van der Waals surface area contributed by atoms with Crippen LogP contribution in [0.2, 0.25) is 0 Å². The van der Waals surface area contributed by atoms with Crippen LogP contribution in [0.5, 0.6) is 0 Å². The van der Waals surface area contributed by atoms with E-state index < -0.39 is 17.7 Å². The lowest BCUT2D eigenvalue weighted by molar-refractivity contribution is -0.139. The second kappa shape index (κ2) is 6.71. The van der Waals surface area contributed by atoms with E-state index in [1.54, 1.807) is 0 Å². The molecule has 0 aliphatic heterocycles. The van der Waals surface area contributed by atoms with E-state index in [1.807, 2.05) is 0 Å². The predicted octanol–water partition coefficient (Wildman–Crippen LogP) is -2.62. The third kappa shape index (κ3) is 7.38. The Balaban J connectivity index is 3.74. The normalized spacial score (nSPS) is 9.07. The van der Waals surface area contributed by atoms with E-state index in [2.05, 4.69) is 22.9 Å². The molecule has 0 aliphatic rings. The Hall–Kier alpha value is -1.70. The molecule has 0 saturated heterocycles. The number of carbonyl (C=O) groups excluding carboxylic acids is 3. The van der Waals surface area contributed by atoms with E-state index in [-0.39, 0.29) is 24.5 Å². The zero-order valence-corrected chi connectivity index (χ0v) is 8.73. The van der Waals surface area contributed by atoms with Crippen LogP contribution in [0.25, 0.3) is 0 Å². The molecule has 15 heavy (non-hydrogen) atoms. The third-order valence-corrected chi connectivity index (χ3v) is 1.43. The van der Waals surface area contributed by atoms with Gasteiger partial charge in [-0.1, -0.05) is 12.2 Å². The Morgan fingerprint density at radius 1 is 1.07 bits per heavy atom. The van der Waals surface area contributed by atoms with Crippen molar-refractivity contribution >= 4 is 34.9 Å². The Bertz CT molecular complexity index is 292. The van der Waals surface area contributed by atoms with Gasteiger partial charge in [0.05, 0.1) is 11.5 Å². The number of hydrogen-bond acceptors (Lipinski definition) is 4. The van der Waals surface area contributed by atoms with Gasteiger partial charge in [0, 0.05) is 13.0 Å². The van der Waals surface area contributed by atoms with Gasteiger partial charge >= 0.3 is 11.8 Å². The van der Waals surface area contributed by atoms with Gasteiger partial charge in [0.25, 0.3) is 0 Å². The number of rotatable bonds is 5. The first kappa shape index (κ1) is 13.3. The second-order valence-electron chi connectivity index (χ2n) is 2.62. The maximum absolute atomic E-state index is 11.0. The topological polar surface area (TPSA) is 127 Å². The molecule has 0 atom stereocenters. The molecule has 0 aromatic rings. The highest BCUT2D eigenvalue weighted by atomic mass is 32.1. The lowest BCUT2D eigenvalue weighted by Crippen LogP contribution is -2.43. The molecule has 3 amide bonds. The Morgan fingerprint density at radius 3 is 2.07 bits per heavy atom. The largest absolute Gasteiger partial charge is 0.392 e. The summed E-state index contributed by atoms with van der Waals surface area (Å²) < 4.78 is 0. The summed E-state index contributed by atoms with van der Waals surface area (Å²) in [5, 5.41) is 4.39. The molecule has 6 N–H and O–H groups in total. The quantitative estimate of drug-likeness (QED) is 0.305. The molecular formula is C7H12N4O3S. The summed E-state index contributed by atoms with van der Waals surface area (Å²) in [5.74, 6) is -2.27. The van der Waals surface area contributed by atoms with Crippen LogP contribution in [0.1, 0.15) is 6.42 Å². The maximum atomic E-state index is 11.0. The molecule has 0 aromatic carbocycles. The highest BCUT2D eigenvalue weighted by Gasteiger charge is 2.12. The summed E-state index contributed by atoms with van der Waals surface area (Å²) >= 11 is 4.49. The first-order valence-electron chi connectivity index (χ1n) is 4.06. The smallest absolute Gasteiger partial charge is 0.309 e. The van der Waals surface area contributed by atoms with Crippen LogP contribution in [0.3, 0.4) is 0 Å². The van der Waals surface area contributed by atoms with E-state index in [9.17, 15) is 14.4 Å². The molecule has 0 unspecified atom stereocenters. The van der Waals surface area contributed by atoms with Gasteiger partial charge < -0.3 is 22.1 Å². The lowest BCUT2D eigenvalue weighted by Gasteiger charge is -2.04. The standard InChI is InChI=1S/C7H12N4O3S/c8-4(12)1-2-10-6(13)7(14)11-3-5(9)15/h1-3H2,(H2,8,12)(H2,9,15)(H,10,13)(H,11,14). The maximum Gasteiger partial charge on any atom is 0.309 e. The lowest BCUT2D eigenvalue weighted by atomic mass is 10.4. The van der Waals surface area contributed by atoms with Crippen LogP contribution < -0.4 is 22.1 Å². The molecule has 0 saturated carbocycles. The number of amides is 3. The van der Waals surface area contributed by atoms with Crippen molar-refractivity contribution in [3.63, 3.8) is 0 Å². The minimum absolute atomic E-state index is 0.0195. The van der Waals surface area contributed by atoms with E-state index >= 15 is 0 Å². The van der Waals surface area contributed by atoms with Gasteiger partial charge in [0.2, 0.25) is 5.91 Å². The SMILES string of the molecule is NC(=O)CCNC(=O)C(=O)NCC(N)=S. The molecule has 0 bridgehead atoms. The van der Waals surface area contributed by atoms with E-state index in [1.165, 1.54) is 0 Å². The number of primary amides is 1. The Labute approximate surface area is 91.6 Å². The van der Waals surface area contributed by atoms with Crippen molar-refractivity contribution in [1.82, 2.24) is 10.6 Å². The number of nitrogens with one attached hydrogen (secondary N) is 2. The van der Waals surface area contributed by atoms with Gasteiger partial charge in [-0.15, -0.1) is 0 Å². The first-order chi connectivity index (χ1) is 6.93. The molecule has 84 valence electrons. The molecule has 0 heterocycles. The van der Waals surface area contributed by atoms with Gasteiger partial charge in [-0.05, 0) is 0 Å². The Kier molecular flexibility index (Phi) is 5.95. The van der Waals surface area contributed by atoms with Crippen molar-refractivity contribution in [3.8, 4) is 0 Å². The minimum Gasteiger partial charge on any atom is -0.392 e. The zero-order chi connectivity index (χ0) is 11.8. The van der Waals surface area contributed by atoms with Crippen LogP contribution in [-0.2, 0) is 14.4 Å². The molecule has 0 rings (SSSR count). The molecule has 0 spiro atoms. The van der Waals surface area contributed by atoms with Gasteiger partial charge in [-0.2, -0.15) is 0 Å². The van der Waals surface area contributed by atoms with E-state index in [4.69, 9.17) is 11.5 Å². The molecular weight excluding hydrogens is 220 g/mol. The van der Waals surface area contributed by atoms with Crippen LogP contribution in [0.15, 0.2) is 0 Å². The van der Waals surface area contributed by atoms with Gasteiger partial charge in [0.15, 0.2) is 0 Å². The third-order valence-electron chi connectivity index (χ3n) is 1.29. The average Bonchev–Trinajstić information content (AvgIpc) is 2.13. The first-order valence-corrected chi connectivity index (χ1v) is 4.47. The van der Waals surface area contributed by atoms with Crippen molar-refractivity contribution in [3.05, 3.63) is 0 Å². The number of nitrogens with two attached hydrogens (primary N) is 2. The number of hydrogen-bond donors (Lipinski definition) is 4. The zero-order valence-electron chi connectivity index (χ0n) is 7.91. The van der Waals surface area contributed by atoms with E-state index in [0.29, 0.717) is 0 Å². The van der Waals surface area contributed by atoms with Gasteiger partial charge in [-0.25, -0.2) is 0 Å². The minimum atomic E-state index is -0.854. The summed E-state index contributed by atoms with van der Waals surface area (Å²) in [6.07, 6.45) is -0.0195. The molecule has 0 aliphatic carbocycles. The summed E-state index contributed by atoms with van der Waals surface area (Å²) in [6.45, 7) is -0.0218. The summed E-state index contributed by atoms with van der Waals surface area (Å²) in [4.78, 5) is 32.3. The average molecular weight is 232 g/mol. The molecule has 0 radical (unpaired) electrons. The van der Waals surface area contributed by atoms with Crippen molar-refractivity contribution < 1.29 is 14.4 Å². The molecule has 0 aromatic heterocycles. The molecule has 7 nitrogen and oxygen atoms in total. The van der Waals surface area contributed by atoms with Gasteiger partial charge in [-0.3, -0.25) is 14.4 Å². The number of carbonyl (C=O) groups is 3. The predicted molar refractivity (Wildman–Crippen MR) is 56.6 cm³/mol. The summed E-state index contributed by atoms with van der Waals surface area (Å²) in [5.41, 5.74) is 9.93. The van der Waals surface area contributed by atoms with Crippen molar-refractivity contribution in [2.24, 2.45) is 11.5 Å². The summed E-state index contributed by atoms with van der Waals surface area (Å²) in [6, 6.07) is 0. The number of thiocarbonyl (C=S) groups is 1. The van der Waals surface area contributed by atoms with Crippen LogP contribution >= 0.6 is 12.2 Å². The van der Waals surface area contributed by atoms with Crippen LogP contribution in [0.4, 0.5) is 0 Å². The fourth-order valence-electron chi connectivity index (χ4n) is 0.627. The fourth-order valence-corrected chi connectivity index (χ4v) is 0.699. The monoisotopic (exact) mass is 232 g/mol. The van der Waals surface area contributed by atoms with Crippen LogP contribution in [-0.4, -0.2) is 35.8 Å². The molecule has 8 heteroatoms. The highest BCUT2D eigenvalue weighted by Crippen LogP contribution is 1.75. The van der Waals surface area contributed by atoms with Gasteiger partial charge in [0.1, 0.15) is 0 Å². The Morgan fingerprint density at radius 2 is 1.60 bits per heavy atom. The second-order valence-corrected chi connectivity index (χ2v) is 3.15. The summed E-state index contributed by atoms with van der Waals surface area (Å²) in [7, 11) is 0. The van der Waals surface area contributed by atoms with Crippen molar-refractivity contribution in [2.75, 3.05) is 13.1 Å². The van der Waals surface area contributed by atoms with Crippen LogP contribution in [0, 0.1) is 0 Å². The fraction of sp³-hybridized carbons (Fsp3) is 0.429. The van der Waals surface area contributed by atoms with Crippen molar-refractivity contribution in [1.29, 1.82) is 0 Å². The van der Waals surface area contributed by atoms with Crippen molar-refractivity contribution in [2.45, 2.75) is 6.42 Å². The molecule has 0 fully saturated rings.